The smallest absolute Gasteiger partial charge is 0.270 e. The Balaban J connectivity index is 2.69. The normalized spacial score (nSPS) is 22.1. The molecule has 0 aromatic rings. The molecule has 0 aromatic heterocycles. The Bertz CT molecular complexity index is 176. The zero-order chi connectivity index (χ0) is 10.8. The summed E-state index contributed by atoms with van der Waals surface area (Å²) in [7, 11) is -4.04. The highest BCUT2D eigenvalue weighted by atomic mass is 28.4. The fourth-order valence-corrected chi connectivity index (χ4v) is 4.61. The van der Waals surface area contributed by atoms with Gasteiger partial charge in [0.2, 0.25) is 0 Å². The van der Waals surface area contributed by atoms with Crippen LogP contribution in [0.15, 0.2) is 0 Å². The Kier molecular flexibility index (Phi) is 3.73. The number of rotatable bonds is 1. The van der Waals surface area contributed by atoms with E-state index < -0.39 is 13.8 Å². The minimum atomic E-state index is -4.04. The molecular weight excluding hydrogens is 198 g/mol. The first-order valence-corrected chi connectivity index (χ1v) is 7.57. The molecule has 14 heavy (non-hydrogen) atoms. The Morgan fingerprint density at radius 2 is 1.36 bits per heavy atom. The SMILES string of the molecule is CC(C)(C)[Si](F)(F)C1CCCCCC1. The van der Waals surface area contributed by atoms with Crippen molar-refractivity contribution in [2.75, 3.05) is 0 Å². The molecule has 1 saturated carbocycles. The van der Waals surface area contributed by atoms with Crippen molar-refractivity contribution >= 4 is 8.74 Å². The summed E-state index contributed by atoms with van der Waals surface area (Å²) >= 11 is 0. The third-order valence-electron chi connectivity index (χ3n) is 3.37. The van der Waals surface area contributed by atoms with Gasteiger partial charge in [0.15, 0.2) is 0 Å². The van der Waals surface area contributed by atoms with Gasteiger partial charge in [-0.3, -0.25) is 8.22 Å². The van der Waals surface area contributed by atoms with E-state index in [0.717, 1.165) is 38.5 Å². The first kappa shape index (κ1) is 12.1. The molecule has 0 saturated heterocycles. The lowest BCUT2D eigenvalue weighted by Gasteiger charge is -2.33. The van der Waals surface area contributed by atoms with E-state index >= 15 is 0 Å². The molecule has 0 radical (unpaired) electrons. The van der Waals surface area contributed by atoms with Crippen LogP contribution in [-0.2, 0) is 0 Å². The van der Waals surface area contributed by atoms with E-state index in [1.807, 2.05) is 0 Å². The Morgan fingerprint density at radius 3 is 1.71 bits per heavy atom. The Morgan fingerprint density at radius 1 is 0.929 bits per heavy atom. The molecule has 0 atom stereocenters. The van der Waals surface area contributed by atoms with Crippen LogP contribution in [0.25, 0.3) is 0 Å². The van der Waals surface area contributed by atoms with Crippen LogP contribution in [0, 0.1) is 0 Å². The summed E-state index contributed by atoms with van der Waals surface area (Å²) < 4.78 is 28.3. The van der Waals surface area contributed by atoms with Crippen molar-refractivity contribution in [1.82, 2.24) is 0 Å². The lowest BCUT2D eigenvalue weighted by Crippen LogP contribution is -2.39. The Hall–Kier alpha value is 0.0769. The van der Waals surface area contributed by atoms with Gasteiger partial charge < -0.3 is 0 Å². The largest absolute Gasteiger partial charge is 0.433 e. The highest BCUT2D eigenvalue weighted by Crippen LogP contribution is 2.50. The standard InChI is InChI=1S/C11H22F2Si/c1-11(2,3)14(12,13)10-8-6-4-5-7-9-10/h10H,4-9H2,1-3H3. The zero-order valence-corrected chi connectivity index (χ0v) is 10.6. The second-order valence-electron chi connectivity index (χ2n) is 5.56. The topological polar surface area (TPSA) is 0 Å². The molecule has 0 unspecified atom stereocenters. The zero-order valence-electron chi connectivity index (χ0n) is 9.58. The summed E-state index contributed by atoms with van der Waals surface area (Å²) in [5.41, 5.74) is -0.245. The third kappa shape index (κ3) is 2.56. The number of hydrogen-bond donors (Lipinski definition) is 0. The average molecular weight is 220 g/mol. The molecule has 1 aliphatic rings. The molecule has 0 bridgehead atoms. The maximum atomic E-state index is 14.1. The molecule has 0 amide bonds. The highest BCUT2D eigenvalue weighted by Gasteiger charge is 2.54. The van der Waals surface area contributed by atoms with Gasteiger partial charge in [0.05, 0.1) is 0 Å². The summed E-state index contributed by atoms with van der Waals surface area (Å²) in [6, 6.07) is 0. The minimum absolute atomic E-state index is 0.245. The lowest BCUT2D eigenvalue weighted by molar-refractivity contribution is 0.438. The molecular formula is C11H22F2Si. The molecule has 1 aliphatic carbocycles. The van der Waals surface area contributed by atoms with Crippen molar-refractivity contribution in [2.45, 2.75) is 69.9 Å². The van der Waals surface area contributed by atoms with Crippen molar-refractivity contribution in [3.63, 3.8) is 0 Å². The van der Waals surface area contributed by atoms with Gasteiger partial charge in [-0.25, -0.2) is 0 Å². The summed E-state index contributed by atoms with van der Waals surface area (Å²) in [4.78, 5) is 0. The molecule has 1 rings (SSSR count). The predicted octanol–water partition coefficient (Wildman–Crippen LogP) is 4.89. The number of hydrogen-bond acceptors (Lipinski definition) is 0. The first-order chi connectivity index (χ1) is 6.36. The minimum Gasteiger partial charge on any atom is -0.270 e. The molecule has 0 aliphatic heterocycles. The van der Waals surface area contributed by atoms with Gasteiger partial charge in [-0.2, -0.15) is 0 Å². The molecule has 0 nitrogen and oxygen atoms in total. The molecule has 0 heterocycles. The van der Waals surface area contributed by atoms with Gasteiger partial charge in [0.1, 0.15) is 0 Å². The van der Waals surface area contributed by atoms with E-state index in [1.165, 1.54) is 0 Å². The molecule has 84 valence electrons. The monoisotopic (exact) mass is 220 g/mol. The number of halogens is 2. The summed E-state index contributed by atoms with van der Waals surface area (Å²) in [6.07, 6.45) is 5.90. The van der Waals surface area contributed by atoms with Crippen LogP contribution >= 0.6 is 0 Å². The lowest BCUT2D eigenvalue weighted by atomic mass is 10.2. The van der Waals surface area contributed by atoms with Crippen molar-refractivity contribution in [3.8, 4) is 0 Å². The molecule has 0 spiro atoms. The van der Waals surface area contributed by atoms with Crippen molar-refractivity contribution in [1.29, 1.82) is 0 Å². The van der Waals surface area contributed by atoms with Crippen LogP contribution < -0.4 is 0 Å². The summed E-state index contributed by atoms with van der Waals surface area (Å²) in [5.74, 6) is 0. The molecule has 0 aromatic carbocycles. The molecule has 3 heteroatoms. The van der Waals surface area contributed by atoms with Crippen LogP contribution in [0.2, 0.25) is 10.6 Å². The van der Waals surface area contributed by atoms with Crippen LogP contribution in [0.3, 0.4) is 0 Å². The van der Waals surface area contributed by atoms with E-state index in [-0.39, 0.29) is 5.54 Å². The molecule has 0 N–H and O–H groups in total. The van der Waals surface area contributed by atoms with Gasteiger partial charge in [-0.15, -0.1) is 0 Å². The highest BCUT2D eigenvalue weighted by molar-refractivity contribution is 6.70. The van der Waals surface area contributed by atoms with Crippen LogP contribution in [-0.4, -0.2) is 8.74 Å². The van der Waals surface area contributed by atoms with E-state index in [4.69, 9.17) is 0 Å². The maximum absolute atomic E-state index is 14.1. The van der Waals surface area contributed by atoms with E-state index in [0.29, 0.717) is 0 Å². The van der Waals surface area contributed by atoms with Gasteiger partial charge in [-0.1, -0.05) is 46.5 Å². The average Bonchev–Trinajstić information content (AvgIpc) is 2.29. The van der Waals surface area contributed by atoms with Crippen LogP contribution in [0.4, 0.5) is 8.22 Å². The van der Waals surface area contributed by atoms with E-state index in [1.54, 1.807) is 20.8 Å². The van der Waals surface area contributed by atoms with E-state index in [2.05, 4.69) is 0 Å². The van der Waals surface area contributed by atoms with Gasteiger partial charge >= 0.3 is 8.74 Å². The van der Waals surface area contributed by atoms with Gasteiger partial charge in [-0.05, 0) is 12.8 Å². The van der Waals surface area contributed by atoms with Gasteiger partial charge in [0, 0.05) is 10.6 Å². The summed E-state index contributed by atoms with van der Waals surface area (Å²) in [6.45, 7) is 5.14. The van der Waals surface area contributed by atoms with Crippen molar-refractivity contribution < 1.29 is 8.22 Å². The van der Waals surface area contributed by atoms with Crippen molar-refractivity contribution in [2.24, 2.45) is 0 Å². The fourth-order valence-electron chi connectivity index (χ4n) is 2.25. The third-order valence-corrected chi connectivity index (χ3v) is 6.97. The fraction of sp³-hybridized carbons (Fsp3) is 1.00. The quantitative estimate of drug-likeness (QED) is 0.335. The van der Waals surface area contributed by atoms with Crippen LogP contribution in [0.5, 0.6) is 0 Å². The molecule has 1 fully saturated rings. The van der Waals surface area contributed by atoms with Gasteiger partial charge in [0.25, 0.3) is 0 Å². The second kappa shape index (κ2) is 4.29. The summed E-state index contributed by atoms with van der Waals surface area (Å²) in [5, 5.41) is -0.748. The Labute approximate surface area is 87.4 Å². The first-order valence-electron chi connectivity index (χ1n) is 5.73. The second-order valence-corrected chi connectivity index (χ2v) is 9.12. The van der Waals surface area contributed by atoms with E-state index in [9.17, 15) is 8.22 Å². The van der Waals surface area contributed by atoms with Crippen LogP contribution in [0.1, 0.15) is 59.3 Å². The van der Waals surface area contributed by atoms with Crippen molar-refractivity contribution in [3.05, 3.63) is 0 Å². The predicted molar refractivity (Wildman–Crippen MR) is 59.1 cm³/mol. The maximum Gasteiger partial charge on any atom is 0.433 e.